The van der Waals surface area contributed by atoms with E-state index in [2.05, 4.69) is 0 Å². The van der Waals surface area contributed by atoms with Crippen LogP contribution >= 0.6 is 34.8 Å². The number of hydrogen-bond donors (Lipinski definition) is 0. The van der Waals surface area contributed by atoms with E-state index in [4.69, 9.17) is 44.3 Å². The van der Waals surface area contributed by atoms with Gasteiger partial charge in [-0.25, -0.2) is 0 Å². The second-order valence-electron chi connectivity index (χ2n) is 4.53. The van der Waals surface area contributed by atoms with Crippen molar-refractivity contribution in [3.63, 3.8) is 0 Å². The molecule has 0 radical (unpaired) electrons. The highest BCUT2D eigenvalue weighted by molar-refractivity contribution is 6.35. The van der Waals surface area contributed by atoms with E-state index >= 15 is 0 Å². The SMILES string of the molecule is COc1ccc(CC(Cl)c2cc(Cl)c(OC)cc2Cl)cc1. The summed E-state index contributed by atoms with van der Waals surface area (Å²) in [5.74, 6) is 1.36. The highest BCUT2D eigenvalue weighted by Crippen LogP contribution is 2.37. The summed E-state index contributed by atoms with van der Waals surface area (Å²) in [5, 5.41) is 0.774. The van der Waals surface area contributed by atoms with E-state index in [1.807, 2.05) is 24.3 Å². The molecule has 1 unspecified atom stereocenters. The molecular weight excluding hydrogens is 331 g/mol. The number of alkyl halides is 1. The number of rotatable bonds is 5. The Morgan fingerprint density at radius 2 is 1.62 bits per heavy atom. The molecule has 0 heterocycles. The fourth-order valence-electron chi connectivity index (χ4n) is 2.02. The van der Waals surface area contributed by atoms with Gasteiger partial charge in [-0.05, 0) is 35.7 Å². The quantitative estimate of drug-likeness (QED) is 0.663. The second kappa shape index (κ2) is 7.26. The van der Waals surface area contributed by atoms with Crippen LogP contribution < -0.4 is 9.47 Å². The molecule has 0 saturated heterocycles. The van der Waals surface area contributed by atoms with Crippen molar-refractivity contribution in [3.05, 3.63) is 57.6 Å². The molecule has 2 rings (SSSR count). The summed E-state index contributed by atoms with van der Waals surface area (Å²) < 4.78 is 10.3. The largest absolute Gasteiger partial charge is 0.497 e. The average molecular weight is 346 g/mol. The molecule has 5 heteroatoms. The summed E-state index contributed by atoms with van der Waals surface area (Å²) in [4.78, 5) is 0. The zero-order chi connectivity index (χ0) is 15.4. The van der Waals surface area contributed by atoms with Crippen LogP contribution in [0.3, 0.4) is 0 Å². The molecule has 0 aliphatic carbocycles. The number of ether oxygens (including phenoxy) is 2. The number of methoxy groups -OCH3 is 2. The maximum atomic E-state index is 6.47. The van der Waals surface area contributed by atoms with Crippen LogP contribution in [0.4, 0.5) is 0 Å². The summed E-state index contributed by atoms with van der Waals surface area (Å²) >= 11 is 18.8. The van der Waals surface area contributed by atoms with Gasteiger partial charge in [0.05, 0.1) is 24.6 Å². The lowest BCUT2D eigenvalue weighted by Crippen LogP contribution is -1.98. The van der Waals surface area contributed by atoms with E-state index in [0.29, 0.717) is 22.2 Å². The summed E-state index contributed by atoms with van der Waals surface area (Å²) in [6.45, 7) is 0. The van der Waals surface area contributed by atoms with Gasteiger partial charge < -0.3 is 9.47 Å². The van der Waals surface area contributed by atoms with Crippen molar-refractivity contribution in [2.45, 2.75) is 11.8 Å². The normalized spacial score (nSPS) is 12.0. The summed E-state index contributed by atoms with van der Waals surface area (Å²) in [6, 6.07) is 11.2. The van der Waals surface area contributed by atoms with E-state index in [1.165, 1.54) is 0 Å². The van der Waals surface area contributed by atoms with Crippen LogP contribution in [0.5, 0.6) is 11.5 Å². The standard InChI is InChI=1S/C16H15Cl3O2/c1-20-11-5-3-10(4-6-11)7-13(17)12-8-15(19)16(21-2)9-14(12)18/h3-6,8-9,13H,7H2,1-2H3. The van der Waals surface area contributed by atoms with Crippen LogP contribution in [-0.2, 0) is 6.42 Å². The topological polar surface area (TPSA) is 18.5 Å². The molecule has 0 aliphatic rings. The lowest BCUT2D eigenvalue weighted by atomic mass is 10.0. The van der Waals surface area contributed by atoms with Crippen molar-refractivity contribution < 1.29 is 9.47 Å². The summed E-state index contributed by atoms with van der Waals surface area (Å²) in [6.07, 6.45) is 0.647. The Hall–Kier alpha value is -1.09. The van der Waals surface area contributed by atoms with Gasteiger partial charge in [0, 0.05) is 11.1 Å². The third kappa shape index (κ3) is 3.97. The molecule has 0 N–H and O–H groups in total. The van der Waals surface area contributed by atoms with E-state index in [0.717, 1.165) is 16.9 Å². The van der Waals surface area contributed by atoms with Crippen molar-refractivity contribution in [1.29, 1.82) is 0 Å². The van der Waals surface area contributed by atoms with Gasteiger partial charge in [-0.3, -0.25) is 0 Å². The first kappa shape index (κ1) is 16.3. The maximum Gasteiger partial charge on any atom is 0.138 e. The molecular formula is C16H15Cl3O2. The molecule has 2 aromatic rings. The summed E-state index contributed by atoms with van der Waals surface area (Å²) in [7, 11) is 3.19. The Kier molecular flexibility index (Phi) is 5.63. The van der Waals surface area contributed by atoms with Gasteiger partial charge in [0.25, 0.3) is 0 Å². The smallest absolute Gasteiger partial charge is 0.138 e. The summed E-state index contributed by atoms with van der Waals surface area (Å²) in [5.41, 5.74) is 1.89. The van der Waals surface area contributed by atoms with Crippen LogP contribution in [0.25, 0.3) is 0 Å². The molecule has 0 bridgehead atoms. The molecule has 0 aromatic heterocycles. The minimum Gasteiger partial charge on any atom is -0.497 e. The van der Waals surface area contributed by atoms with E-state index in [-0.39, 0.29) is 5.38 Å². The molecule has 0 spiro atoms. The molecule has 0 aliphatic heterocycles. The Morgan fingerprint density at radius 3 is 2.19 bits per heavy atom. The van der Waals surface area contributed by atoms with Crippen LogP contribution in [0.15, 0.2) is 36.4 Å². The minimum absolute atomic E-state index is 0.269. The van der Waals surface area contributed by atoms with Crippen LogP contribution in [0.2, 0.25) is 10.0 Å². The molecule has 21 heavy (non-hydrogen) atoms. The first-order valence-electron chi connectivity index (χ1n) is 6.35. The highest BCUT2D eigenvalue weighted by atomic mass is 35.5. The maximum absolute atomic E-state index is 6.47. The zero-order valence-corrected chi connectivity index (χ0v) is 14.0. The monoisotopic (exact) mass is 344 g/mol. The highest BCUT2D eigenvalue weighted by Gasteiger charge is 2.16. The van der Waals surface area contributed by atoms with Crippen molar-refractivity contribution in [2.24, 2.45) is 0 Å². The van der Waals surface area contributed by atoms with Gasteiger partial charge in [-0.15, -0.1) is 11.6 Å². The second-order valence-corrected chi connectivity index (χ2v) is 5.87. The predicted molar refractivity (Wildman–Crippen MR) is 88.3 cm³/mol. The number of benzene rings is 2. The lowest BCUT2D eigenvalue weighted by molar-refractivity contribution is 0.414. The Balaban J connectivity index is 2.19. The van der Waals surface area contributed by atoms with Crippen LogP contribution in [-0.4, -0.2) is 14.2 Å². The van der Waals surface area contributed by atoms with Gasteiger partial charge in [0.1, 0.15) is 11.5 Å². The van der Waals surface area contributed by atoms with Crippen molar-refractivity contribution in [1.82, 2.24) is 0 Å². The van der Waals surface area contributed by atoms with Crippen LogP contribution in [0, 0.1) is 0 Å². The molecule has 0 amide bonds. The van der Waals surface area contributed by atoms with Gasteiger partial charge in [0.2, 0.25) is 0 Å². The van der Waals surface area contributed by atoms with Crippen LogP contribution in [0.1, 0.15) is 16.5 Å². The molecule has 0 saturated carbocycles. The van der Waals surface area contributed by atoms with Gasteiger partial charge in [-0.1, -0.05) is 35.3 Å². The Bertz CT molecular complexity index is 612. The van der Waals surface area contributed by atoms with E-state index in [9.17, 15) is 0 Å². The van der Waals surface area contributed by atoms with Gasteiger partial charge >= 0.3 is 0 Å². The fraction of sp³-hybridized carbons (Fsp3) is 0.250. The van der Waals surface area contributed by atoms with Gasteiger partial charge in [-0.2, -0.15) is 0 Å². The van der Waals surface area contributed by atoms with Crippen molar-refractivity contribution >= 4 is 34.8 Å². The van der Waals surface area contributed by atoms with E-state index in [1.54, 1.807) is 26.4 Å². The van der Waals surface area contributed by atoms with E-state index < -0.39 is 0 Å². The fourth-order valence-corrected chi connectivity index (χ4v) is 2.97. The first-order valence-corrected chi connectivity index (χ1v) is 7.54. The first-order chi connectivity index (χ1) is 10.0. The zero-order valence-electron chi connectivity index (χ0n) is 11.7. The molecule has 1 atom stereocenters. The van der Waals surface area contributed by atoms with Gasteiger partial charge in [0.15, 0.2) is 0 Å². The predicted octanol–water partition coefficient (Wildman–Crippen LogP) is 5.53. The molecule has 2 aromatic carbocycles. The minimum atomic E-state index is -0.269. The molecule has 2 nitrogen and oxygen atoms in total. The van der Waals surface area contributed by atoms with Crippen molar-refractivity contribution in [2.75, 3.05) is 14.2 Å². The van der Waals surface area contributed by atoms with Crippen molar-refractivity contribution in [3.8, 4) is 11.5 Å². The Morgan fingerprint density at radius 1 is 0.952 bits per heavy atom. The Labute approximate surface area is 139 Å². The number of halogens is 3. The lowest BCUT2D eigenvalue weighted by Gasteiger charge is -2.14. The third-order valence-corrected chi connectivity index (χ3v) is 4.19. The third-order valence-electron chi connectivity index (χ3n) is 3.18. The average Bonchev–Trinajstić information content (AvgIpc) is 2.49. The number of hydrogen-bond acceptors (Lipinski definition) is 2. The molecule has 0 fully saturated rings. The molecule has 112 valence electrons.